The van der Waals surface area contributed by atoms with Crippen molar-refractivity contribution in [1.29, 1.82) is 0 Å². The topological polar surface area (TPSA) is 73.0 Å². The van der Waals surface area contributed by atoms with Crippen LogP contribution in [-0.4, -0.2) is 26.4 Å². The summed E-state index contributed by atoms with van der Waals surface area (Å²) in [7, 11) is 0. The molecule has 0 bridgehead atoms. The molecule has 0 aliphatic heterocycles. The molecule has 0 spiro atoms. The van der Waals surface area contributed by atoms with Gasteiger partial charge in [0.2, 0.25) is 5.91 Å². The van der Waals surface area contributed by atoms with Crippen molar-refractivity contribution in [3.05, 3.63) is 46.6 Å². The molecule has 0 saturated carbocycles. The van der Waals surface area contributed by atoms with Crippen LogP contribution < -0.4 is 5.32 Å². The highest BCUT2D eigenvalue weighted by Crippen LogP contribution is 2.30. The number of carbonyl (C=O) groups excluding carboxylic acids is 1. The summed E-state index contributed by atoms with van der Waals surface area (Å²) in [6.07, 6.45) is 1.59. The van der Waals surface area contributed by atoms with E-state index in [4.69, 9.17) is 27.6 Å². The fourth-order valence-corrected chi connectivity index (χ4v) is 3.68. The van der Waals surface area contributed by atoms with Gasteiger partial charge in [-0.15, -0.1) is 10.2 Å². The lowest BCUT2D eigenvalue weighted by molar-refractivity contribution is -0.113. The normalized spacial score (nSPS) is 11.1. The van der Waals surface area contributed by atoms with Crippen LogP contribution in [-0.2, 0) is 11.3 Å². The highest BCUT2D eigenvalue weighted by atomic mass is 35.5. The average molecular weight is 425 g/mol. The third kappa shape index (κ3) is 4.86. The summed E-state index contributed by atoms with van der Waals surface area (Å²) >= 11 is 13.5. The molecule has 9 heteroatoms. The molecule has 0 atom stereocenters. The van der Waals surface area contributed by atoms with Gasteiger partial charge < -0.3 is 9.73 Å². The molecule has 1 amide bonds. The molecule has 1 aromatic carbocycles. The van der Waals surface area contributed by atoms with Crippen molar-refractivity contribution >= 4 is 46.6 Å². The van der Waals surface area contributed by atoms with E-state index in [-0.39, 0.29) is 11.7 Å². The van der Waals surface area contributed by atoms with E-state index in [2.05, 4.69) is 29.4 Å². The fourth-order valence-electron chi connectivity index (χ4n) is 2.44. The largest absolute Gasteiger partial charge is 0.461 e. The lowest BCUT2D eigenvalue weighted by Gasteiger charge is -2.12. The van der Waals surface area contributed by atoms with Crippen molar-refractivity contribution in [3.63, 3.8) is 0 Å². The second-order valence-corrected chi connectivity index (χ2v) is 7.98. The van der Waals surface area contributed by atoms with Gasteiger partial charge in [0.15, 0.2) is 16.7 Å². The Labute approximate surface area is 171 Å². The summed E-state index contributed by atoms with van der Waals surface area (Å²) in [6, 6.07) is 8.70. The Kier molecular flexibility index (Phi) is 6.46. The van der Waals surface area contributed by atoms with Gasteiger partial charge >= 0.3 is 0 Å². The Morgan fingerprint density at radius 2 is 1.96 bits per heavy atom. The number of nitrogens with zero attached hydrogens (tertiary/aromatic N) is 3. The van der Waals surface area contributed by atoms with Gasteiger partial charge in [0.25, 0.3) is 0 Å². The van der Waals surface area contributed by atoms with Crippen molar-refractivity contribution in [2.45, 2.75) is 25.5 Å². The van der Waals surface area contributed by atoms with E-state index in [1.165, 1.54) is 11.8 Å². The van der Waals surface area contributed by atoms with Crippen LogP contribution in [0.4, 0.5) is 5.69 Å². The molecule has 1 N–H and O–H groups in total. The molecule has 27 heavy (non-hydrogen) atoms. The molecular weight excluding hydrogens is 407 g/mol. The maximum absolute atomic E-state index is 12.3. The van der Waals surface area contributed by atoms with E-state index in [0.717, 1.165) is 0 Å². The SMILES string of the molecule is CC(C)Cn1c(SCC(=O)Nc2c(Cl)cccc2Cl)nnc1-c1ccco1. The van der Waals surface area contributed by atoms with Crippen LogP contribution in [0.3, 0.4) is 0 Å². The van der Waals surface area contributed by atoms with Crippen LogP contribution in [0.25, 0.3) is 11.6 Å². The van der Waals surface area contributed by atoms with Gasteiger partial charge in [0.05, 0.1) is 27.7 Å². The number of rotatable bonds is 7. The van der Waals surface area contributed by atoms with Crippen molar-refractivity contribution in [1.82, 2.24) is 14.8 Å². The monoisotopic (exact) mass is 424 g/mol. The smallest absolute Gasteiger partial charge is 0.234 e. The van der Waals surface area contributed by atoms with Crippen molar-refractivity contribution in [3.8, 4) is 11.6 Å². The van der Waals surface area contributed by atoms with E-state index in [1.54, 1.807) is 30.5 Å². The van der Waals surface area contributed by atoms with Crippen LogP contribution in [0.15, 0.2) is 46.2 Å². The maximum Gasteiger partial charge on any atom is 0.234 e. The fraction of sp³-hybridized carbons (Fsp3) is 0.278. The maximum atomic E-state index is 12.3. The number of thioether (sulfide) groups is 1. The van der Waals surface area contributed by atoms with E-state index in [9.17, 15) is 4.79 Å². The summed E-state index contributed by atoms with van der Waals surface area (Å²) in [5, 5.41) is 12.6. The minimum atomic E-state index is -0.228. The predicted octanol–water partition coefficient (Wildman–Crippen LogP) is 5.23. The number of nitrogens with one attached hydrogen (secondary N) is 1. The van der Waals surface area contributed by atoms with E-state index in [0.29, 0.717) is 44.9 Å². The third-order valence-corrected chi connectivity index (χ3v) is 5.16. The van der Waals surface area contributed by atoms with Crippen LogP contribution in [0.2, 0.25) is 10.0 Å². The van der Waals surface area contributed by atoms with Gasteiger partial charge in [0, 0.05) is 6.54 Å². The lowest BCUT2D eigenvalue weighted by Crippen LogP contribution is -2.15. The number of para-hydroxylation sites is 1. The molecule has 3 rings (SSSR count). The van der Waals surface area contributed by atoms with Gasteiger partial charge in [-0.1, -0.05) is 54.9 Å². The molecular formula is C18H18Cl2N4O2S. The highest BCUT2D eigenvalue weighted by Gasteiger charge is 2.18. The molecule has 2 heterocycles. The van der Waals surface area contributed by atoms with Crippen molar-refractivity contribution < 1.29 is 9.21 Å². The summed E-state index contributed by atoms with van der Waals surface area (Å²) in [5.74, 6) is 1.59. The van der Waals surface area contributed by atoms with Crippen LogP contribution in [0.1, 0.15) is 13.8 Å². The Morgan fingerprint density at radius 1 is 1.22 bits per heavy atom. The Balaban J connectivity index is 1.73. The molecule has 0 unspecified atom stereocenters. The van der Waals surface area contributed by atoms with E-state index < -0.39 is 0 Å². The van der Waals surface area contributed by atoms with Crippen LogP contribution in [0.5, 0.6) is 0 Å². The summed E-state index contributed by atoms with van der Waals surface area (Å²) in [4.78, 5) is 12.3. The van der Waals surface area contributed by atoms with Crippen molar-refractivity contribution in [2.24, 2.45) is 5.92 Å². The molecule has 2 aromatic heterocycles. The molecule has 0 fully saturated rings. The van der Waals surface area contributed by atoms with Gasteiger partial charge in [-0.25, -0.2) is 0 Å². The number of halogens is 2. The summed E-state index contributed by atoms with van der Waals surface area (Å²) in [5.41, 5.74) is 0.409. The number of benzene rings is 1. The zero-order chi connectivity index (χ0) is 19.4. The number of furan rings is 1. The first-order chi connectivity index (χ1) is 13.0. The Morgan fingerprint density at radius 3 is 2.59 bits per heavy atom. The zero-order valence-corrected chi connectivity index (χ0v) is 17.1. The number of hydrogen-bond donors (Lipinski definition) is 1. The second-order valence-electron chi connectivity index (χ2n) is 6.22. The molecule has 0 saturated heterocycles. The zero-order valence-electron chi connectivity index (χ0n) is 14.8. The van der Waals surface area contributed by atoms with Gasteiger partial charge in [0.1, 0.15) is 0 Å². The predicted molar refractivity (Wildman–Crippen MR) is 108 cm³/mol. The Bertz CT molecular complexity index is 905. The van der Waals surface area contributed by atoms with Gasteiger partial charge in [-0.2, -0.15) is 0 Å². The molecule has 3 aromatic rings. The molecule has 0 aliphatic rings. The van der Waals surface area contributed by atoms with E-state index in [1.807, 2.05) is 10.6 Å². The minimum Gasteiger partial charge on any atom is -0.461 e. The number of amides is 1. The molecule has 142 valence electrons. The average Bonchev–Trinajstić information content (AvgIpc) is 3.26. The van der Waals surface area contributed by atoms with Gasteiger partial charge in [-0.3, -0.25) is 9.36 Å². The number of hydrogen-bond acceptors (Lipinski definition) is 5. The Hall–Kier alpha value is -1.96. The minimum absolute atomic E-state index is 0.149. The summed E-state index contributed by atoms with van der Waals surface area (Å²) < 4.78 is 7.41. The third-order valence-electron chi connectivity index (χ3n) is 3.57. The van der Waals surface area contributed by atoms with E-state index >= 15 is 0 Å². The highest BCUT2D eigenvalue weighted by molar-refractivity contribution is 7.99. The first-order valence-electron chi connectivity index (χ1n) is 8.29. The van der Waals surface area contributed by atoms with Crippen LogP contribution >= 0.6 is 35.0 Å². The van der Waals surface area contributed by atoms with Crippen LogP contribution in [0, 0.1) is 5.92 Å². The molecule has 0 aliphatic carbocycles. The van der Waals surface area contributed by atoms with Crippen molar-refractivity contribution in [2.75, 3.05) is 11.1 Å². The number of aromatic nitrogens is 3. The quantitative estimate of drug-likeness (QED) is 0.525. The summed E-state index contributed by atoms with van der Waals surface area (Å²) in [6.45, 7) is 4.92. The molecule has 0 radical (unpaired) electrons. The number of carbonyl (C=O) groups is 1. The first-order valence-corrected chi connectivity index (χ1v) is 10.0. The molecule has 6 nitrogen and oxygen atoms in total. The first kappa shape index (κ1) is 19.8. The van der Waals surface area contributed by atoms with Gasteiger partial charge in [-0.05, 0) is 30.2 Å². The lowest BCUT2D eigenvalue weighted by atomic mass is 10.2. The number of anilines is 1. The standard InChI is InChI=1S/C18H18Cl2N4O2S/c1-11(2)9-24-17(14-7-4-8-26-14)22-23-18(24)27-10-15(25)21-16-12(19)5-3-6-13(16)20/h3-8,11H,9-10H2,1-2H3,(H,21,25). The second kappa shape index (κ2) is 8.82.